The lowest BCUT2D eigenvalue weighted by Gasteiger charge is -2.26. The van der Waals surface area contributed by atoms with Crippen LogP contribution < -0.4 is 11.5 Å². The summed E-state index contributed by atoms with van der Waals surface area (Å²) in [6.07, 6.45) is 4.28. The Morgan fingerprint density at radius 2 is 1.94 bits per heavy atom. The largest absolute Gasteiger partial charge is 0.309 e. The zero-order valence-corrected chi connectivity index (χ0v) is 10.1. The van der Waals surface area contributed by atoms with Gasteiger partial charge >= 0.3 is 0 Å². The molecule has 0 fully saturated rings. The summed E-state index contributed by atoms with van der Waals surface area (Å²) in [7, 11) is 0. The predicted octanol–water partition coefficient (Wildman–Crippen LogP) is 2.86. The van der Waals surface area contributed by atoms with Gasteiger partial charge in [-0.25, -0.2) is 0 Å². The molecule has 1 aliphatic carbocycles. The van der Waals surface area contributed by atoms with Crippen molar-refractivity contribution in [3.63, 3.8) is 0 Å². The normalized spacial score (nSPS) is 19.0. The summed E-state index contributed by atoms with van der Waals surface area (Å²) < 4.78 is 0. The van der Waals surface area contributed by atoms with Crippen LogP contribution in [0.1, 0.15) is 12.0 Å². The first-order chi connectivity index (χ1) is 7.49. The Morgan fingerprint density at radius 3 is 2.56 bits per heavy atom. The van der Waals surface area contributed by atoms with Crippen molar-refractivity contribution in [1.29, 1.82) is 0 Å². The smallest absolute Gasteiger partial charge is 0.104 e. The standard InChI is InChI=1S/C12H12Cl2N2/c13-10-3-1-2-8(6-10)9-4-5-12(15,16)11(14)7-9/h1-4,6-7H,5,15-16H2. The lowest BCUT2D eigenvalue weighted by Crippen LogP contribution is -2.50. The van der Waals surface area contributed by atoms with Crippen molar-refractivity contribution in [2.45, 2.75) is 12.1 Å². The summed E-state index contributed by atoms with van der Waals surface area (Å²) >= 11 is 12.0. The first-order valence-corrected chi connectivity index (χ1v) is 5.66. The fraction of sp³-hybridized carbons (Fsp3) is 0.167. The van der Waals surface area contributed by atoms with Crippen LogP contribution in [0.2, 0.25) is 5.02 Å². The Morgan fingerprint density at radius 1 is 1.19 bits per heavy atom. The molecule has 0 heterocycles. The number of allylic oxidation sites excluding steroid dienone is 2. The second kappa shape index (κ2) is 4.22. The van der Waals surface area contributed by atoms with Crippen LogP contribution in [0.5, 0.6) is 0 Å². The summed E-state index contributed by atoms with van der Waals surface area (Å²) in [6.45, 7) is 0. The van der Waals surface area contributed by atoms with Gasteiger partial charge in [0, 0.05) is 11.4 Å². The minimum atomic E-state index is -0.941. The van der Waals surface area contributed by atoms with Crippen molar-refractivity contribution in [1.82, 2.24) is 0 Å². The van der Waals surface area contributed by atoms with Gasteiger partial charge in [0.25, 0.3) is 0 Å². The lowest BCUT2D eigenvalue weighted by molar-refractivity contribution is 0.547. The summed E-state index contributed by atoms with van der Waals surface area (Å²) in [5.74, 6) is 0. The van der Waals surface area contributed by atoms with Gasteiger partial charge < -0.3 is 11.5 Å². The Hall–Kier alpha value is -0.800. The third kappa shape index (κ3) is 2.30. The summed E-state index contributed by atoms with van der Waals surface area (Å²) in [6, 6.07) is 7.58. The van der Waals surface area contributed by atoms with Crippen molar-refractivity contribution in [3.8, 4) is 0 Å². The molecule has 4 N–H and O–H groups in total. The molecular weight excluding hydrogens is 243 g/mol. The molecule has 0 saturated heterocycles. The van der Waals surface area contributed by atoms with Crippen LogP contribution >= 0.6 is 23.2 Å². The predicted molar refractivity (Wildman–Crippen MR) is 69.1 cm³/mol. The van der Waals surface area contributed by atoms with E-state index in [1.165, 1.54) is 0 Å². The molecule has 2 rings (SSSR count). The molecule has 2 nitrogen and oxygen atoms in total. The molecule has 0 spiro atoms. The summed E-state index contributed by atoms with van der Waals surface area (Å²) in [4.78, 5) is 0. The Labute approximate surface area is 105 Å². The highest BCUT2D eigenvalue weighted by Gasteiger charge is 2.25. The van der Waals surface area contributed by atoms with Gasteiger partial charge in [0.1, 0.15) is 5.66 Å². The molecule has 0 amide bonds. The Kier molecular flexibility index (Phi) is 3.08. The van der Waals surface area contributed by atoms with Crippen LogP contribution in [0.25, 0.3) is 5.57 Å². The van der Waals surface area contributed by atoms with Gasteiger partial charge in [-0.15, -0.1) is 0 Å². The molecule has 0 bridgehead atoms. The molecule has 84 valence electrons. The summed E-state index contributed by atoms with van der Waals surface area (Å²) in [5.41, 5.74) is 12.7. The second-order valence-corrected chi connectivity index (χ2v) is 4.75. The van der Waals surface area contributed by atoms with Gasteiger partial charge in [-0.3, -0.25) is 0 Å². The number of nitrogens with two attached hydrogens (primary N) is 2. The van der Waals surface area contributed by atoms with Gasteiger partial charge in [0.05, 0.1) is 5.03 Å². The Bertz CT molecular complexity index is 476. The number of benzene rings is 1. The highest BCUT2D eigenvalue weighted by Crippen LogP contribution is 2.30. The van der Waals surface area contributed by atoms with Crippen LogP contribution in [0.15, 0.2) is 41.4 Å². The second-order valence-electron chi connectivity index (χ2n) is 3.91. The van der Waals surface area contributed by atoms with Crippen LogP contribution in [0.4, 0.5) is 0 Å². The monoisotopic (exact) mass is 254 g/mol. The fourth-order valence-electron chi connectivity index (χ4n) is 1.58. The van der Waals surface area contributed by atoms with E-state index in [9.17, 15) is 0 Å². The first-order valence-electron chi connectivity index (χ1n) is 4.90. The highest BCUT2D eigenvalue weighted by atomic mass is 35.5. The minimum absolute atomic E-state index is 0.463. The molecule has 1 aromatic carbocycles. The molecule has 0 radical (unpaired) electrons. The molecular formula is C12H12Cl2N2. The lowest BCUT2D eigenvalue weighted by atomic mass is 9.94. The maximum Gasteiger partial charge on any atom is 0.104 e. The van der Waals surface area contributed by atoms with Crippen molar-refractivity contribution in [2.75, 3.05) is 0 Å². The van der Waals surface area contributed by atoms with E-state index in [2.05, 4.69) is 0 Å². The van der Waals surface area contributed by atoms with Crippen molar-refractivity contribution >= 4 is 28.8 Å². The Balaban J connectivity index is 2.36. The van der Waals surface area contributed by atoms with E-state index in [1.807, 2.05) is 30.3 Å². The SMILES string of the molecule is NC1(N)CC=C(c2cccc(Cl)c2)C=C1Cl. The minimum Gasteiger partial charge on any atom is -0.309 e. The van der Waals surface area contributed by atoms with Gasteiger partial charge in [-0.2, -0.15) is 0 Å². The third-order valence-electron chi connectivity index (χ3n) is 2.54. The average Bonchev–Trinajstić information content (AvgIpc) is 2.22. The van der Waals surface area contributed by atoms with E-state index in [-0.39, 0.29) is 0 Å². The highest BCUT2D eigenvalue weighted by molar-refractivity contribution is 6.32. The van der Waals surface area contributed by atoms with Gasteiger partial charge in [0.2, 0.25) is 0 Å². The molecule has 16 heavy (non-hydrogen) atoms. The molecule has 0 atom stereocenters. The third-order valence-corrected chi connectivity index (χ3v) is 3.24. The molecule has 1 aromatic rings. The van der Waals surface area contributed by atoms with E-state index in [1.54, 1.807) is 6.08 Å². The maximum atomic E-state index is 6.03. The van der Waals surface area contributed by atoms with Crippen LogP contribution in [-0.2, 0) is 0 Å². The summed E-state index contributed by atoms with van der Waals surface area (Å²) in [5, 5.41) is 1.16. The van der Waals surface area contributed by atoms with Crippen molar-refractivity contribution in [2.24, 2.45) is 11.5 Å². The number of hydrogen-bond acceptors (Lipinski definition) is 2. The molecule has 0 saturated carbocycles. The van der Waals surface area contributed by atoms with Crippen molar-refractivity contribution in [3.05, 3.63) is 52.0 Å². The first kappa shape index (κ1) is 11.7. The van der Waals surface area contributed by atoms with E-state index in [0.29, 0.717) is 16.5 Å². The zero-order valence-electron chi connectivity index (χ0n) is 8.58. The molecule has 0 aliphatic heterocycles. The zero-order chi connectivity index (χ0) is 11.8. The van der Waals surface area contributed by atoms with Gasteiger partial charge in [-0.05, 0) is 29.3 Å². The fourth-order valence-corrected chi connectivity index (χ4v) is 1.96. The number of hydrogen-bond donors (Lipinski definition) is 2. The molecule has 4 heteroatoms. The maximum absolute atomic E-state index is 6.03. The molecule has 0 unspecified atom stereocenters. The van der Waals surface area contributed by atoms with E-state index in [0.717, 1.165) is 11.1 Å². The van der Waals surface area contributed by atoms with Crippen molar-refractivity contribution < 1.29 is 0 Å². The van der Waals surface area contributed by atoms with Gasteiger partial charge in [-0.1, -0.05) is 41.4 Å². The quantitative estimate of drug-likeness (QED) is 0.758. The topological polar surface area (TPSA) is 52.0 Å². The molecule has 1 aliphatic rings. The molecule has 0 aromatic heterocycles. The van der Waals surface area contributed by atoms with Gasteiger partial charge in [0.15, 0.2) is 0 Å². The van der Waals surface area contributed by atoms with Crippen LogP contribution in [-0.4, -0.2) is 5.66 Å². The number of halogens is 2. The van der Waals surface area contributed by atoms with E-state index < -0.39 is 5.66 Å². The van der Waals surface area contributed by atoms with Crippen LogP contribution in [0, 0.1) is 0 Å². The number of rotatable bonds is 1. The van der Waals surface area contributed by atoms with E-state index in [4.69, 9.17) is 34.7 Å². The van der Waals surface area contributed by atoms with E-state index >= 15 is 0 Å². The van der Waals surface area contributed by atoms with Crippen LogP contribution in [0.3, 0.4) is 0 Å². The average molecular weight is 255 g/mol.